The van der Waals surface area contributed by atoms with Gasteiger partial charge in [-0.3, -0.25) is 0 Å². The van der Waals surface area contributed by atoms with Crippen LogP contribution in [0.3, 0.4) is 0 Å². The summed E-state index contributed by atoms with van der Waals surface area (Å²) >= 11 is 0. The molecule has 0 aromatic rings. The first-order chi connectivity index (χ1) is 12.3. The zero-order valence-electron chi connectivity index (χ0n) is 17.9. The third-order valence-corrected chi connectivity index (χ3v) is 5.48. The van der Waals surface area contributed by atoms with Gasteiger partial charge in [-0.15, -0.1) is 0 Å². The van der Waals surface area contributed by atoms with Crippen molar-refractivity contribution < 1.29 is 5.11 Å². The lowest BCUT2D eigenvalue weighted by Crippen LogP contribution is -1.98. The molecule has 0 aliphatic heterocycles. The number of rotatable bonds is 21. The Morgan fingerprint density at radius 2 is 0.680 bits per heavy atom. The Kier molecular flexibility index (Phi) is 22.0. The smallest absolute Gasteiger partial charge is 0.0512 e. The van der Waals surface area contributed by atoms with E-state index in [4.69, 9.17) is 0 Å². The second kappa shape index (κ2) is 22.0. The van der Waals surface area contributed by atoms with Gasteiger partial charge in [0.05, 0.1) is 6.10 Å². The summed E-state index contributed by atoms with van der Waals surface area (Å²) in [6.07, 6.45) is 29.4. The molecular weight excluding hydrogens is 304 g/mol. The topological polar surface area (TPSA) is 20.2 Å². The monoisotopic (exact) mass is 354 g/mol. The lowest BCUT2D eigenvalue weighted by Gasteiger charge is -2.05. The molecule has 0 amide bonds. The normalized spacial score (nSPS) is 12.6. The highest BCUT2D eigenvalue weighted by atomic mass is 16.3. The van der Waals surface area contributed by atoms with E-state index in [0.717, 1.165) is 6.42 Å². The van der Waals surface area contributed by atoms with Gasteiger partial charge in [-0.2, -0.15) is 0 Å². The van der Waals surface area contributed by atoms with Crippen molar-refractivity contribution in [2.45, 2.75) is 155 Å². The maximum absolute atomic E-state index is 9.20. The summed E-state index contributed by atoms with van der Waals surface area (Å²) in [6.45, 7) is 4.19. The minimum Gasteiger partial charge on any atom is -0.393 e. The molecule has 0 radical (unpaired) electrons. The third kappa shape index (κ3) is 24.0. The predicted octanol–water partition coefficient (Wildman–Crippen LogP) is 8.58. The van der Waals surface area contributed by atoms with E-state index in [2.05, 4.69) is 6.92 Å². The number of hydrogen-bond donors (Lipinski definition) is 1. The third-order valence-electron chi connectivity index (χ3n) is 5.48. The molecule has 0 spiro atoms. The molecule has 0 saturated carbocycles. The summed E-state index contributed by atoms with van der Waals surface area (Å²) in [5.41, 5.74) is 0. The van der Waals surface area contributed by atoms with E-state index >= 15 is 0 Å². The molecule has 0 aliphatic carbocycles. The molecule has 1 heteroatoms. The fourth-order valence-electron chi connectivity index (χ4n) is 3.69. The van der Waals surface area contributed by atoms with Crippen LogP contribution in [0.15, 0.2) is 0 Å². The molecule has 0 aromatic heterocycles. The SMILES string of the molecule is CCCCCCCCCCCCCCCCCCCCCC[C@H](C)O. The van der Waals surface area contributed by atoms with Gasteiger partial charge < -0.3 is 5.11 Å². The second-order valence-corrected chi connectivity index (χ2v) is 8.36. The van der Waals surface area contributed by atoms with Crippen LogP contribution >= 0.6 is 0 Å². The zero-order valence-corrected chi connectivity index (χ0v) is 17.9. The Balaban J connectivity index is 2.96. The van der Waals surface area contributed by atoms with Crippen molar-refractivity contribution in [3.05, 3.63) is 0 Å². The van der Waals surface area contributed by atoms with E-state index in [1.165, 1.54) is 128 Å². The standard InChI is InChI=1S/C24H50O/c1-3-4-5-6-7-8-9-10-11-12-13-14-15-16-17-18-19-20-21-22-23-24(2)25/h24-25H,3-23H2,1-2H3/t24-/m0/s1. The maximum Gasteiger partial charge on any atom is 0.0512 e. The Morgan fingerprint density at radius 1 is 0.440 bits per heavy atom. The number of aliphatic hydroxyl groups is 1. The predicted molar refractivity (Wildman–Crippen MR) is 114 cm³/mol. The Hall–Kier alpha value is -0.0400. The first-order valence-corrected chi connectivity index (χ1v) is 12.0. The molecular formula is C24H50O. The van der Waals surface area contributed by atoms with Crippen LogP contribution < -0.4 is 0 Å². The number of unbranched alkanes of at least 4 members (excludes halogenated alkanes) is 19. The highest BCUT2D eigenvalue weighted by molar-refractivity contribution is 4.52. The van der Waals surface area contributed by atoms with Crippen LogP contribution in [-0.2, 0) is 0 Å². The molecule has 0 rings (SSSR count). The van der Waals surface area contributed by atoms with Crippen LogP contribution in [0.2, 0.25) is 0 Å². The van der Waals surface area contributed by atoms with Crippen molar-refractivity contribution in [3.8, 4) is 0 Å². The molecule has 0 heterocycles. The van der Waals surface area contributed by atoms with Gasteiger partial charge in [0.15, 0.2) is 0 Å². The fourth-order valence-corrected chi connectivity index (χ4v) is 3.69. The van der Waals surface area contributed by atoms with Crippen LogP contribution in [0.25, 0.3) is 0 Å². The summed E-state index contributed by atoms with van der Waals surface area (Å²) in [4.78, 5) is 0. The van der Waals surface area contributed by atoms with E-state index in [9.17, 15) is 5.11 Å². The van der Waals surface area contributed by atoms with E-state index in [0.29, 0.717) is 0 Å². The fraction of sp³-hybridized carbons (Fsp3) is 1.00. The number of hydrogen-bond acceptors (Lipinski definition) is 1. The highest BCUT2D eigenvalue weighted by Crippen LogP contribution is 2.15. The van der Waals surface area contributed by atoms with Crippen LogP contribution in [-0.4, -0.2) is 11.2 Å². The molecule has 0 bridgehead atoms. The van der Waals surface area contributed by atoms with E-state index in [-0.39, 0.29) is 6.10 Å². The molecule has 1 nitrogen and oxygen atoms in total. The minimum atomic E-state index is -0.101. The van der Waals surface area contributed by atoms with Crippen LogP contribution in [0, 0.1) is 0 Å². The van der Waals surface area contributed by atoms with E-state index in [1.807, 2.05) is 6.92 Å². The Morgan fingerprint density at radius 3 is 0.920 bits per heavy atom. The zero-order chi connectivity index (χ0) is 18.4. The summed E-state index contributed by atoms with van der Waals surface area (Å²) in [7, 11) is 0. The van der Waals surface area contributed by atoms with Gasteiger partial charge in [-0.1, -0.05) is 135 Å². The lowest BCUT2D eigenvalue weighted by atomic mass is 10.0. The first-order valence-electron chi connectivity index (χ1n) is 12.0. The van der Waals surface area contributed by atoms with E-state index in [1.54, 1.807) is 0 Å². The first kappa shape index (κ1) is 25.0. The van der Waals surface area contributed by atoms with Crippen molar-refractivity contribution in [2.24, 2.45) is 0 Å². The molecule has 1 atom stereocenters. The molecule has 25 heavy (non-hydrogen) atoms. The molecule has 0 aromatic carbocycles. The van der Waals surface area contributed by atoms with Gasteiger partial charge in [0, 0.05) is 0 Å². The van der Waals surface area contributed by atoms with Gasteiger partial charge >= 0.3 is 0 Å². The second-order valence-electron chi connectivity index (χ2n) is 8.36. The van der Waals surface area contributed by atoms with Crippen molar-refractivity contribution in [3.63, 3.8) is 0 Å². The molecule has 152 valence electrons. The van der Waals surface area contributed by atoms with Crippen LogP contribution in [0.4, 0.5) is 0 Å². The average molecular weight is 355 g/mol. The summed E-state index contributed by atoms with van der Waals surface area (Å²) in [5, 5.41) is 9.20. The van der Waals surface area contributed by atoms with Crippen molar-refractivity contribution in [2.75, 3.05) is 0 Å². The molecule has 0 fully saturated rings. The van der Waals surface area contributed by atoms with Crippen molar-refractivity contribution in [1.29, 1.82) is 0 Å². The minimum absolute atomic E-state index is 0.101. The molecule has 0 aliphatic rings. The Labute approximate surface area is 160 Å². The largest absolute Gasteiger partial charge is 0.393 e. The lowest BCUT2D eigenvalue weighted by molar-refractivity contribution is 0.180. The maximum atomic E-state index is 9.20. The van der Waals surface area contributed by atoms with E-state index < -0.39 is 0 Å². The van der Waals surface area contributed by atoms with Crippen molar-refractivity contribution >= 4 is 0 Å². The summed E-state index contributed by atoms with van der Waals surface area (Å²) < 4.78 is 0. The summed E-state index contributed by atoms with van der Waals surface area (Å²) in [6, 6.07) is 0. The number of aliphatic hydroxyl groups excluding tert-OH is 1. The van der Waals surface area contributed by atoms with Gasteiger partial charge in [-0.25, -0.2) is 0 Å². The van der Waals surface area contributed by atoms with Gasteiger partial charge in [0.1, 0.15) is 0 Å². The van der Waals surface area contributed by atoms with Crippen LogP contribution in [0.1, 0.15) is 149 Å². The highest BCUT2D eigenvalue weighted by Gasteiger charge is 1.97. The van der Waals surface area contributed by atoms with Crippen LogP contribution in [0.5, 0.6) is 0 Å². The average Bonchev–Trinajstić information content (AvgIpc) is 2.60. The summed E-state index contributed by atoms with van der Waals surface area (Å²) in [5.74, 6) is 0. The molecule has 0 saturated heterocycles. The Bertz CT molecular complexity index is 224. The quantitative estimate of drug-likeness (QED) is 0.205. The molecule has 0 unspecified atom stereocenters. The molecule has 1 N–H and O–H groups in total. The van der Waals surface area contributed by atoms with Gasteiger partial charge in [0.2, 0.25) is 0 Å². The van der Waals surface area contributed by atoms with Crippen molar-refractivity contribution in [1.82, 2.24) is 0 Å². The van der Waals surface area contributed by atoms with Gasteiger partial charge in [0.25, 0.3) is 0 Å². The van der Waals surface area contributed by atoms with Gasteiger partial charge in [-0.05, 0) is 13.3 Å².